The van der Waals surface area contributed by atoms with E-state index in [0.29, 0.717) is 42.8 Å². The van der Waals surface area contributed by atoms with Crippen LogP contribution in [0.5, 0.6) is 0 Å². The summed E-state index contributed by atoms with van der Waals surface area (Å²) in [4.78, 5) is 0. The van der Waals surface area contributed by atoms with Crippen LogP contribution in [0.15, 0.2) is 45.6 Å². The van der Waals surface area contributed by atoms with Crippen LogP contribution in [0.4, 0.5) is 0 Å². The van der Waals surface area contributed by atoms with E-state index in [-0.39, 0.29) is 0 Å². The predicted octanol–water partition coefficient (Wildman–Crippen LogP) is 11.7. The molecule has 0 saturated carbocycles. The van der Waals surface area contributed by atoms with Gasteiger partial charge >= 0.3 is 247 Å². The third kappa shape index (κ3) is 4.98. The van der Waals surface area contributed by atoms with Crippen LogP contribution in [0.3, 0.4) is 0 Å². The Hall–Kier alpha value is 0.640. The molecule has 0 radical (unpaired) electrons. The number of hydrogen-bond acceptors (Lipinski definition) is 0. The number of hydrogen-bond donors (Lipinski definition) is 0. The topological polar surface area (TPSA) is 0 Å². The molecule has 0 aliphatic heterocycles. The van der Waals surface area contributed by atoms with Gasteiger partial charge in [0, 0.05) is 0 Å². The van der Waals surface area contributed by atoms with E-state index in [4.69, 9.17) is 17.0 Å². The van der Waals surface area contributed by atoms with Crippen molar-refractivity contribution in [2.75, 3.05) is 0 Å². The molecule has 6 unspecified atom stereocenters. The van der Waals surface area contributed by atoms with Crippen LogP contribution in [0.1, 0.15) is 94.9 Å². The zero-order valence-corrected chi connectivity index (χ0v) is 31.7. The Kier molecular flexibility index (Phi) is 9.18. The van der Waals surface area contributed by atoms with Crippen molar-refractivity contribution >= 4 is 22.9 Å². The second-order valence-electron chi connectivity index (χ2n) is 15.6. The van der Waals surface area contributed by atoms with Crippen LogP contribution < -0.4 is 0 Å². The Morgan fingerprint density at radius 1 is 0.658 bits per heavy atom. The summed E-state index contributed by atoms with van der Waals surface area (Å²) in [6, 6.07) is 0. The molecule has 0 N–H and O–H groups in total. The molecule has 0 amide bonds. The third-order valence-electron chi connectivity index (χ3n) is 11.7. The summed E-state index contributed by atoms with van der Waals surface area (Å²) in [5.74, 6) is 4.07. The van der Waals surface area contributed by atoms with E-state index in [0.717, 1.165) is 11.8 Å². The molecule has 0 aromatic heterocycles. The van der Waals surface area contributed by atoms with E-state index in [1.54, 1.807) is 22.3 Å². The monoisotopic (exact) mass is 653 g/mol. The van der Waals surface area contributed by atoms with Crippen molar-refractivity contribution < 1.29 is 15.6 Å². The van der Waals surface area contributed by atoms with Gasteiger partial charge in [0.2, 0.25) is 0 Å². The van der Waals surface area contributed by atoms with Gasteiger partial charge in [-0.25, -0.2) is 0 Å². The summed E-state index contributed by atoms with van der Waals surface area (Å²) in [7, 11) is 17.1. The van der Waals surface area contributed by atoms with Gasteiger partial charge < -0.3 is 0 Å². The molecule has 0 fully saturated rings. The zero-order valence-electron chi connectivity index (χ0n) is 26.6. The molecule has 4 aliphatic rings. The number of allylic oxidation sites excluding steroid dienone is 8. The standard InChI is InChI=1S/2C16H25.C2H7Si.2ClH.Zr/c2*1-10(2)13-8-14-6-12(5)7-16(14)15(9-13)11(3)4;1-3-2;;;/h2*6-7,10-11,13,15H,8-9H2,1-5H3;3H,1-2H3;2*1H;/q;;;;;+2/p-2. The molecule has 4 aliphatic carbocycles. The van der Waals surface area contributed by atoms with Crippen molar-refractivity contribution in [3.8, 4) is 0 Å². The maximum atomic E-state index is 8.57. The maximum absolute atomic E-state index is 8.57. The van der Waals surface area contributed by atoms with Gasteiger partial charge in [0.15, 0.2) is 0 Å². The molecule has 0 saturated heterocycles. The van der Waals surface area contributed by atoms with E-state index < -0.39 is 21.5 Å². The van der Waals surface area contributed by atoms with Crippen LogP contribution in [0.25, 0.3) is 0 Å². The summed E-state index contributed by atoms with van der Waals surface area (Å²) in [6.07, 6.45) is 10.3. The molecule has 0 spiro atoms. The van der Waals surface area contributed by atoms with Gasteiger partial charge in [-0.15, -0.1) is 0 Å². The molecule has 38 heavy (non-hydrogen) atoms. The minimum absolute atomic E-state index is 0.335. The summed E-state index contributed by atoms with van der Waals surface area (Å²) < 4.78 is 0.669. The first kappa shape index (κ1) is 31.6. The summed E-state index contributed by atoms with van der Waals surface area (Å²) in [5.41, 5.74) is 9.71. The van der Waals surface area contributed by atoms with E-state index in [1.807, 2.05) is 0 Å². The molecule has 0 heterocycles. The fourth-order valence-corrected chi connectivity index (χ4v) is 43.2. The zero-order chi connectivity index (χ0) is 28.5. The quantitative estimate of drug-likeness (QED) is 0.239. The van der Waals surface area contributed by atoms with Crippen LogP contribution >= 0.6 is 17.0 Å². The minimum atomic E-state index is -4.49. The van der Waals surface area contributed by atoms with E-state index in [1.165, 1.54) is 36.8 Å². The first-order valence-corrected chi connectivity index (χ1v) is 32.2. The fraction of sp³-hybridized carbons (Fsp3) is 0.765. The molecule has 4 rings (SSSR count). The van der Waals surface area contributed by atoms with Crippen molar-refractivity contribution in [2.45, 2.75) is 115 Å². The van der Waals surface area contributed by atoms with Crippen LogP contribution in [0, 0.1) is 47.3 Å². The molecule has 0 nitrogen and oxygen atoms in total. The molecule has 0 aromatic rings. The number of halogens is 2. The van der Waals surface area contributed by atoms with Gasteiger partial charge in [-0.05, 0) is 0 Å². The van der Waals surface area contributed by atoms with E-state index in [2.05, 4.69) is 94.5 Å². The molecular formula is C34H57Cl2SiZr. The van der Waals surface area contributed by atoms with Crippen LogP contribution in [-0.2, 0) is 15.6 Å². The molecule has 0 aromatic carbocycles. The van der Waals surface area contributed by atoms with Gasteiger partial charge in [-0.3, -0.25) is 0 Å². The van der Waals surface area contributed by atoms with Gasteiger partial charge in [0.1, 0.15) is 0 Å². The van der Waals surface area contributed by atoms with Crippen LogP contribution in [-0.4, -0.2) is 5.92 Å². The van der Waals surface area contributed by atoms with E-state index in [9.17, 15) is 0 Å². The van der Waals surface area contributed by atoms with E-state index >= 15 is 0 Å². The average molecular weight is 656 g/mol. The van der Waals surface area contributed by atoms with Gasteiger partial charge in [0.25, 0.3) is 0 Å². The fourth-order valence-electron chi connectivity index (χ4n) is 9.17. The molecule has 215 valence electrons. The molecular weight excluding hydrogens is 599 g/mol. The van der Waals surface area contributed by atoms with Crippen molar-refractivity contribution in [1.82, 2.24) is 0 Å². The second-order valence-corrected chi connectivity index (χ2v) is 58.1. The third-order valence-corrected chi connectivity index (χ3v) is 64.1. The first-order chi connectivity index (χ1) is 17.5. The molecule has 6 atom stereocenters. The Morgan fingerprint density at radius 3 is 1.26 bits per heavy atom. The number of rotatable bonds is 7. The Balaban J connectivity index is 1.92. The van der Waals surface area contributed by atoms with Crippen molar-refractivity contribution in [3.05, 3.63) is 45.6 Å². The van der Waals surface area contributed by atoms with Crippen molar-refractivity contribution in [1.29, 1.82) is 0 Å². The average Bonchev–Trinajstić information content (AvgIpc) is 3.33. The van der Waals surface area contributed by atoms with Gasteiger partial charge in [0.05, 0.1) is 0 Å². The van der Waals surface area contributed by atoms with Gasteiger partial charge in [-0.1, -0.05) is 0 Å². The summed E-state index contributed by atoms with van der Waals surface area (Å²) in [5, 5.41) is 0. The van der Waals surface area contributed by atoms with Crippen LogP contribution in [0.2, 0.25) is 20.3 Å². The Bertz CT molecular complexity index is 992. The molecule has 0 bridgehead atoms. The SMILES string of the molecule is CC1=CC2=C(CC(C(C)C)CC2C(C)C)[CH]1[Zr]([Cl])([Cl])([CH]1C(C)=CC2=C1CC(C(C)C)CC2C(C)C)[SiH](C)C. The second kappa shape index (κ2) is 11.0. The normalized spacial score (nSPS) is 33.4. The summed E-state index contributed by atoms with van der Waals surface area (Å²) in [6.45, 7) is 29.3. The Morgan fingerprint density at radius 2 is 1.00 bits per heavy atom. The van der Waals surface area contributed by atoms with Crippen molar-refractivity contribution in [2.24, 2.45) is 47.3 Å². The summed E-state index contributed by atoms with van der Waals surface area (Å²) >= 11 is -4.49. The van der Waals surface area contributed by atoms with Crippen molar-refractivity contribution in [3.63, 3.8) is 0 Å². The first-order valence-electron chi connectivity index (χ1n) is 15.9. The molecule has 4 heteroatoms. The predicted molar refractivity (Wildman–Crippen MR) is 171 cm³/mol. The Labute approximate surface area is 245 Å². The van der Waals surface area contributed by atoms with Gasteiger partial charge in [-0.2, -0.15) is 0 Å².